The molecule has 0 aliphatic heterocycles. The van der Waals surface area contributed by atoms with E-state index in [0.29, 0.717) is 11.3 Å². The summed E-state index contributed by atoms with van der Waals surface area (Å²) in [5.41, 5.74) is 2.06. The zero-order valence-electron chi connectivity index (χ0n) is 9.48. The molecule has 0 saturated heterocycles. The number of Topliss-reactive ketones (excluding diaryl/α,β-unsaturated/α-hetero) is 1. The summed E-state index contributed by atoms with van der Waals surface area (Å²) in [4.78, 5) is 15.1. The zero-order valence-corrected chi connectivity index (χ0v) is 9.48. The fraction of sp³-hybridized carbons (Fsp3) is 0.364. The Bertz CT molecular complexity index is 474. The maximum atomic E-state index is 11.0. The van der Waals surface area contributed by atoms with Crippen molar-refractivity contribution in [2.75, 3.05) is 0 Å². The van der Waals surface area contributed by atoms with Crippen LogP contribution < -0.4 is 0 Å². The molecule has 0 fully saturated rings. The van der Waals surface area contributed by atoms with Crippen LogP contribution in [-0.2, 0) is 0 Å². The van der Waals surface area contributed by atoms with Gasteiger partial charge in [-0.1, -0.05) is 13.8 Å². The van der Waals surface area contributed by atoms with E-state index < -0.39 is 0 Å². The smallest absolute Gasteiger partial charge is 0.179 e. The van der Waals surface area contributed by atoms with Crippen molar-refractivity contribution < 1.29 is 4.79 Å². The summed E-state index contributed by atoms with van der Waals surface area (Å²) in [6.45, 7) is 7.39. The molecule has 0 unspecified atom stereocenters. The lowest BCUT2D eigenvalue weighted by Gasteiger charge is -1.91. The second-order valence-electron chi connectivity index (χ2n) is 2.96. The monoisotopic (exact) mass is 205 g/mol. The molecule has 4 heteroatoms. The quantitative estimate of drug-likeness (QED) is 0.671. The summed E-state index contributed by atoms with van der Waals surface area (Å²) in [7, 11) is 0. The Balaban J connectivity index is 0.000000531. The van der Waals surface area contributed by atoms with Gasteiger partial charge in [0.15, 0.2) is 11.4 Å². The highest BCUT2D eigenvalue weighted by Crippen LogP contribution is 2.04. The van der Waals surface area contributed by atoms with Crippen LogP contribution in [-0.4, -0.2) is 20.4 Å². The van der Waals surface area contributed by atoms with Gasteiger partial charge in [0.05, 0.1) is 11.9 Å². The third kappa shape index (κ3) is 2.40. The molecule has 0 bridgehead atoms. The first-order valence-corrected chi connectivity index (χ1v) is 5.01. The van der Waals surface area contributed by atoms with Crippen molar-refractivity contribution in [3.8, 4) is 0 Å². The Morgan fingerprint density at radius 2 is 2.00 bits per heavy atom. The van der Waals surface area contributed by atoms with Crippen LogP contribution in [0.25, 0.3) is 5.65 Å². The molecule has 15 heavy (non-hydrogen) atoms. The standard InChI is InChI=1S/C9H9N3O.C2H6/c1-6-3-4-9-10-8(7(2)13)5-12(9)11-6;1-2/h3-5H,1-2H3;1-2H3. The van der Waals surface area contributed by atoms with Gasteiger partial charge >= 0.3 is 0 Å². The van der Waals surface area contributed by atoms with Gasteiger partial charge in [-0.25, -0.2) is 9.50 Å². The van der Waals surface area contributed by atoms with Gasteiger partial charge in [-0.2, -0.15) is 5.10 Å². The summed E-state index contributed by atoms with van der Waals surface area (Å²) in [5.74, 6) is -0.0387. The first kappa shape index (κ1) is 11.4. The molecule has 0 atom stereocenters. The summed E-state index contributed by atoms with van der Waals surface area (Å²) in [5, 5.41) is 4.18. The average Bonchev–Trinajstić information content (AvgIpc) is 2.63. The number of imidazole rings is 1. The highest BCUT2D eigenvalue weighted by molar-refractivity contribution is 5.92. The van der Waals surface area contributed by atoms with Gasteiger partial charge in [0.2, 0.25) is 0 Å². The molecule has 0 aliphatic carbocycles. The molecular formula is C11H15N3O. The van der Waals surface area contributed by atoms with Crippen LogP contribution in [0.2, 0.25) is 0 Å². The van der Waals surface area contributed by atoms with Crippen LogP contribution in [0.3, 0.4) is 0 Å². The van der Waals surface area contributed by atoms with Crippen LogP contribution in [0, 0.1) is 6.92 Å². The molecule has 0 spiro atoms. The molecule has 0 saturated carbocycles. The molecule has 2 rings (SSSR count). The van der Waals surface area contributed by atoms with Gasteiger partial charge in [-0.05, 0) is 19.1 Å². The van der Waals surface area contributed by atoms with Crippen LogP contribution in [0.1, 0.15) is 37.0 Å². The van der Waals surface area contributed by atoms with E-state index in [1.54, 1.807) is 10.7 Å². The lowest BCUT2D eigenvalue weighted by atomic mass is 10.3. The number of ketones is 1. The van der Waals surface area contributed by atoms with Crippen molar-refractivity contribution in [3.63, 3.8) is 0 Å². The van der Waals surface area contributed by atoms with Crippen LogP contribution in [0.4, 0.5) is 0 Å². The molecule has 80 valence electrons. The van der Waals surface area contributed by atoms with Crippen LogP contribution in [0.5, 0.6) is 0 Å². The lowest BCUT2D eigenvalue weighted by Crippen LogP contribution is -1.91. The second kappa shape index (κ2) is 4.68. The first-order chi connectivity index (χ1) is 7.16. The predicted molar refractivity (Wildman–Crippen MR) is 59.1 cm³/mol. The number of aromatic nitrogens is 3. The normalized spacial score (nSPS) is 9.60. The molecule has 4 nitrogen and oxygen atoms in total. The summed E-state index contributed by atoms with van der Waals surface area (Å²) < 4.78 is 1.62. The molecule has 0 radical (unpaired) electrons. The van der Waals surface area contributed by atoms with E-state index in [2.05, 4.69) is 10.1 Å². The van der Waals surface area contributed by atoms with E-state index in [1.807, 2.05) is 32.9 Å². The lowest BCUT2D eigenvalue weighted by molar-refractivity contribution is 0.101. The zero-order chi connectivity index (χ0) is 11.4. The minimum absolute atomic E-state index is 0.0387. The first-order valence-electron chi connectivity index (χ1n) is 5.01. The van der Waals surface area contributed by atoms with Crippen molar-refractivity contribution in [3.05, 3.63) is 29.7 Å². The number of hydrogen-bond donors (Lipinski definition) is 0. The Morgan fingerprint density at radius 1 is 1.33 bits per heavy atom. The summed E-state index contributed by atoms with van der Waals surface area (Å²) in [6.07, 6.45) is 1.64. The van der Waals surface area contributed by atoms with E-state index >= 15 is 0 Å². The van der Waals surface area contributed by atoms with E-state index in [0.717, 1.165) is 5.69 Å². The second-order valence-corrected chi connectivity index (χ2v) is 2.96. The van der Waals surface area contributed by atoms with E-state index in [-0.39, 0.29) is 5.78 Å². The fourth-order valence-electron chi connectivity index (χ4n) is 1.15. The van der Waals surface area contributed by atoms with Crippen LogP contribution in [0.15, 0.2) is 18.3 Å². The SMILES string of the molecule is CC.CC(=O)c1cn2nc(C)ccc2n1. The number of aryl methyl sites for hydroxylation is 1. The largest absolute Gasteiger partial charge is 0.293 e. The number of carbonyl (C=O) groups excluding carboxylic acids is 1. The van der Waals surface area contributed by atoms with Crippen molar-refractivity contribution in [1.82, 2.24) is 14.6 Å². The van der Waals surface area contributed by atoms with Gasteiger partial charge in [0.1, 0.15) is 5.69 Å². The minimum atomic E-state index is -0.0387. The molecule has 0 aliphatic rings. The number of nitrogens with zero attached hydrogens (tertiary/aromatic N) is 3. The highest BCUT2D eigenvalue weighted by Gasteiger charge is 2.05. The Hall–Kier alpha value is -1.71. The number of hydrogen-bond acceptors (Lipinski definition) is 3. The van der Waals surface area contributed by atoms with Crippen molar-refractivity contribution in [1.29, 1.82) is 0 Å². The highest BCUT2D eigenvalue weighted by atomic mass is 16.1. The Morgan fingerprint density at radius 3 is 2.60 bits per heavy atom. The molecule has 2 aromatic heterocycles. The summed E-state index contributed by atoms with van der Waals surface area (Å²) in [6, 6.07) is 3.71. The summed E-state index contributed by atoms with van der Waals surface area (Å²) >= 11 is 0. The topological polar surface area (TPSA) is 47.3 Å². The van der Waals surface area contributed by atoms with Crippen LogP contribution >= 0.6 is 0 Å². The van der Waals surface area contributed by atoms with E-state index in [1.165, 1.54) is 6.92 Å². The number of fused-ring (bicyclic) bond motifs is 1. The predicted octanol–water partition coefficient (Wildman–Crippen LogP) is 2.27. The molecule has 2 heterocycles. The Kier molecular flexibility index (Phi) is 3.55. The third-order valence-electron chi connectivity index (χ3n) is 1.81. The average molecular weight is 205 g/mol. The maximum absolute atomic E-state index is 11.0. The van der Waals surface area contributed by atoms with Gasteiger partial charge < -0.3 is 0 Å². The van der Waals surface area contributed by atoms with Crippen molar-refractivity contribution in [2.24, 2.45) is 0 Å². The minimum Gasteiger partial charge on any atom is -0.293 e. The molecule has 0 N–H and O–H groups in total. The number of rotatable bonds is 1. The third-order valence-corrected chi connectivity index (χ3v) is 1.81. The van der Waals surface area contributed by atoms with Gasteiger partial charge in [-0.15, -0.1) is 0 Å². The molecule has 0 aromatic carbocycles. The van der Waals surface area contributed by atoms with Crippen molar-refractivity contribution in [2.45, 2.75) is 27.7 Å². The molecule has 2 aromatic rings. The molecule has 0 amide bonds. The molecular weight excluding hydrogens is 190 g/mol. The maximum Gasteiger partial charge on any atom is 0.179 e. The van der Waals surface area contributed by atoms with Gasteiger partial charge in [0, 0.05) is 6.92 Å². The van der Waals surface area contributed by atoms with Gasteiger partial charge in [0.25, 0.3) is 0 Å². The van der Waals surface area contributed by atoms with E-state index in [9.17, 15) is 4.79 Å². The fourth-order valence-corrected chi connectivity index (χ4v) is 1.15. The Labute approximate surface area is 88.9 Å². The van der Waals surface area contributed by atoms with E-state index in [4.69, 9.17) is 0 Å². The number of carbonyl (C=O) groups is 1. The van der Waals surface area contributed by atoms with Gasteiger partial charge in [-0.3, -0.25) is 4.79 Å². The van der Waals surface area contributed by atoms with Crippen molar-refractivity contribution >= 4 is 11.4 Å².